The number of anilines is 2. The fourth-order valence-corrected chi connectivity index (χ4v) is 3.29. The summed E-state index contributed by atoms with van der Waals surface area (Å²) < 4.78 is 1.34. The molecule has 0 aliphatic heterocycles. The molecule has 0 aliphatic carbocycles. The Morgan fingerprint density at radius 2 is 1.66 bits per heavy atom. The maximum atomic E-state index is 12.5. The first-order chi connectivity index (χ1) is 13.7. The van der Waals surface area contributed by atoms with Crippen molar-refractivity contribution in [2.24, 2.45) is 0 Å². The van der Waals surface area contributed by atoms with Gasteiger partial charge in [-0.05, 0) is 49.7 Å². The van der Waals surface area contributed by atoms with E-state index >= 15 is 0 Å². The fraction of sp³-hybridized carbons (Fsp3) is 0.158. The topological polar surface area (TPSA) is 88.9 Å². The van der Waals surface area contributed by atoms with E-state index in [1.807, 2.05) is 13.0 Å². The van der Waals surface area contributed by atoms with Gasteiger partial charge in [-0.1, -0.05) is 46.1 Å². The molecule has 2 amide bonds. The molecule has 10 heteroatoms. The van der Waals surface area contributed by atoms with Crippen LogP contribution in [-0.2, 0) is 11.3 Å². The smallest absolute Gasteiger partial charge is 0.278 e. The molecule has 3 rings (SSSR count). The third-order valence-corrected chi connectivity index (χ3v) is 4.76. The van der Waals surface area contributed by atoms with Crippen molar-refractivity contribution < 1.29 is 9.59 Å². The molecule has 0 atom stereocenters. The predicted octanol–water partition coefficient (Wildman–Crippen LogP) is 4.75. The summed E-state index contributed by atoms with van der Waals surface area (Å²) >= 11 is 17.8. The van der Waals surface area contributed by atoms with Crippen molar-refractivity contribution in [2.75, 3.05) is 10.6 Å². The van der Waals surface area contributed by atoms with Gasteiger partial charge in [-0.25, -0.2) is 4.68 Å². The normalized spacial score (nSPS) is 10.7. The van der Waals surface area contributed by atoms with Crippen molar-refractivity contribution in [1.29, 1.82) is 0 Å². The predicted molar refractivity (Wildman–Crippen MR) is 114 cm³/mol. The Balaban J connectivity index is 1.70. The Bertz CT molecular complexity index is 1080. The van der Waals surface area contributed by atoms with Crippen LogP contribution in [0.3, 0.4) is 0 Å². The first kappa shape index (κ1) is 21.1. The number of nitrogens with zero attached hydrogens (tertiary/aromatic N) is 3. The van der Waals surface area contributed by atoms with E-state index in [0.29, 0.717) is 32.1 Å². The Labute approximate surface area is 181 Å². The molecule has 0 radical (unpaired) electrons. The van der Waals surface area contributed by atoms with Crippen LogP contribution in [-0.4, -0.2) is 26.8 Å². The standard InChI is InChI=1S/C19H16Cl3N5O2/c1-10-3-4-12(20)8-16(10)24-17(28)9-27-11(2)18(25-26-27)19(29)23-15-6-13(21)5-14(22)7-15/h3-8H,9H2,1-2H3,(H,23,29)(H,24,28). The number of hydrogen-bond donors (Lipinski definition) is 2. The van der Waals surface area contributed by atoms with Crippen LogP contribution in [0.4, 0.5) is 11.4 Å². The zero-order valence-electron chi connectivity index (χ0n) is 15.5. The minimum absolute atomic E-state index is 0.0906. The number of hydrogen-bond acceptors (Lipinski definition) is 4. The third kappa shape index (κ3) is 5.26. The van der Waals surface area contributed by atoms with Crippen LogP contribution in [0.15, 0.2) is 36.4 Å². The molecule has 2 N–H and O–H groups in total. The maximum Gasteiger partial charge on any atom is 0.278 e. The van der Waals surface area contributed by atoms with E-state index in [2.05, 4.69) is 20.9 Å². The van der Waals surface area contributed by atoms with Gasteiger partial charge >= 0.3 is 0 Å². The molecule has 7 nitrogen and oxygen atoms in total. The monoisotopic (exact) mass is 451 g/mol. The maximum absolute atomic E-state index is 12.5. The number of benzene rings is 2. The second-order valence-electron chi connectivity index (χ2n) is 6.30. The summed E-state index contributed by atoms with van der Waals surface area (Å²) in [6.45, 7) is 3.40. The van der Waals surface area contributed by atoms with E-state index in [1.165, 1.54) is 4.68 Å². The molecule has 1 aromatic heterocycles. The molecule has 1 heterocycles. The van der Waals surface area contributed by atoms with E-state index in [1.54, 1.807) is 37.3 Å². The zero-order valence-corrected chi connectivity index (χ0v) is 17.7. The minimum Gasteiger partial charge on any atom is -0.324 e. The number of aromatic nitrogens is 3. The van der Waals surface area contributed by atoms with Crippen LogP contribution < -0.4 is 10.6 Å². The van der Waals surface area contributed by atoms with Crippen molar-refractivity contribution in [3.8, 4) is 0 Å². The Hall–Kier alpha value is -2.61. The second kappa shape index (κ2) is 8.82. The number of halogens is 3. The zero-order chi connectivity index (χ0) is 21.1. The lowest BCUT2D eigenvalue weighted by molar-refractivity contribution is -0.117. The molecule has 0 saturated carbocycles. The molecule has 29 heavy (non-hydrogen) atoms. The molecule has 2 aromatic carbocycles. The average molecular weight is 453 g/mol. The highest BCUT2D eigenvalue weighted by atomic mass is 35.5. The van der Waals surface area contributed by atoms with E-state index in [9.17, 15) is 9.59 Å². The average Bonchev–Trinajstić information content (AvgIpc) is 2.98. The molecule has 150 valence electrons. The van der Waals surface area contributed by atoms with Gasteiger partial charge in [0.25, 0.3) is 5.91 Å². The molecule has 0 saturated heterocycles. The number of rotatable bonds is 5. The van der Waals surface area contributed by atoms with E-state index < -0.39 is 5.91 Å². The van der Waals surface area contributed by atoms with Gasteiger partial charge in [0, 0.05) is 26.4 Å². The van der Waals surface area contributed by atoms with Gasteiger partial charge in [-0.15, -0.1) is 5.10 Å². The first-order valence-electron chi connectivity index (χ1n) is 8.46. The van der Waals surface area contributed by atoms with Crippen LogP contribution in [0.1, 0.15) is 21.7 Å². The highest BCUT2D eigenvalue weighted by molar-refractivity contribution is 6.35. The lowest BCUT2D eigenvalue weighted by Crippen LogP contribution is -2.21. The first-order valence-corrected chi connectivity index (χ1v) is 9.60. The van der Waals surface area contributed by atoms with Gasteiger partial charge in [-0.2, -0.15) is 0 Å². The molecule has 0 unspecified atom stereocenters. The van der Waals surface area contributed by atoms with Gasteiger partial charge in [0.1, 0.15) is 6.54 Å². The van der Waals surface area contributed by atoms with Crippen LogP contribution >= 0.6 is 34.8 Å². The summed E-state index contributed by atoms with van der Waals surface area (Å²) in [5.41, 5.74) is 2.44. The van der Waals surface area contributed by atoms with Gasteiger partial charge < -0.3 is 10.6 Å². The van der Waals surface area contributed by atoms with Crippen molar-refractivity contribution in [3.63, 3.8) is 0 Å². The second-order valence-corrected chi connectivity index (χ2v) is 7.61. The summed E-state index contributed by atoms with van der Waals surface area (Å²) in [5, 5.41) is 14.5. The van der Waals surface area contributed by atoms with Crippen LogP contribution in [0, 0.1) is 13.8 Å². The van der Waals surface area contributed by atoms with E-state index in [0.717, 1.165) is 5.56 Å². The lowest BCUT2D eigenvalue weighted by Gasteiger charge is -2.09. The van der Waals surface area contributed by atoms with Crippen LogP contribution in [0.5, 0.6) is 0 Å². The molecule has 0 fully saturated rings. The number of amides is 2. The highest BCUT2D eigenvalue weighted by Gasteiger charge is 2.18. The quantitative estimate of drug-likeness (QED) is 0.585. The summed E-state index contributed by atoms with van der Waals surface area (Å²) in [4.78, 5) is 24.9. The molecule has 3 aromatic rings. The number of carbonyl (C=O) groups excluding carboxylic acids is 2. The SMILES string of the molecule is Cc1ccc(Cl)cc1NC(=O)Cn1nnc(C(=O)Nc2cc(Cl)cc(Cl)c2)c1C. The number of nitrogens with one attached hydrogen (secondary N) is 2. The summed E-state index contributed by atoms with van der Waals surface area (Å²) in [6.07, 6.45) is 0. The Morgan fingerprint density at radius 3 is 2.34 bits per heavy atom. The van der Waals surface area contributed by atoms with Crippen molar-refractivity contribution in [2.45, 2.75) is 20.4 Å². The van der Waals surface area contributed by atoms with Gasteiger partial charge in [0.2, 0.25) is 5.91 Å². The van der Waals surface area contributed by atoms with Crippen molar-refractivity contribution >= 4 is 58.0 Å². The molecular formula is C19H16Cl3N5O2. The van der Waals surface area contributed by atoms with Gasteiger partial charge in [0.05, 0.1) is 5.69 Å². The molecular weight excluding hydrogens is 437 g/mol. The summed E-state index contributed by atoms with van der Waals surface area (Å²) in [7, 11) is 0. The van der Waals surface area contributed by atoms with Crippen molar-refractivity contribution in [3.05, 3.63) is 68.4 Å². The van der Waals surface area contributed by atoms with E-state index in [-0.39, 0.29) is 18.1 Å². The number of aryl methyl sites for hydroxylation is 1. The largest absolute Gasteiger partial charge is 0.324 e. The highest BCUT2D eigenvalue weighted by Crippen LogP contribution is 2.23. The van der Waals surface area contributed by atoms with Crippen LogP contribution in [0.25, 0.3) is 0 Å². The fourth-order valence-electron chi connectivity index (χ4n) is 2.59. The van der Waals surface area contributed by atoms with Crippen LogP contribution in [0.2, 0.25) is 15.1 Å². The molecule has 0 spiro atoms. The third-order valence-electron chi connectivity index (χ3n) is 4.09. The minimum atomic E-state index is -0.488. The Kier molecular flexibility index (Phi) is 6.42. The van der Waals surface area contributed by atoms with Gasteiger partial charge in [0.15, 0.2) is 5.69 Å². The molecule has 0 aliphatic rings. The summed E-state index contributed by atoms with van der Waals surface area (Å²) in [6, 6.07) is 9.89. The van der Waals surface area contributed by atoms with Crippen molar-refractivity contribution in [1.82, 2.24) is 15.0 Å². The Morgan fingerprint density at radius 1 is 0.966 bits per heavy atom. The van der Waals surface area contributed by atoms with Gasteiger partial charge in [-0.3, -0.25) is 9.59 Å². The lowest BCUT2D eigenvalue weighted by atomic mass is 10.2. The van der Waals surface area contributed by atoms with E-state index in [4.69, 9.17) is 34.8 Å². The summed E-state index contributed by atoms with van der Waals surface area (Å²) in [5.74, 6) is -0.810. The molecule has 0 bridgehead atoms. The number of carbonyl (C=O) groups is 2.